The molecule has 0 radical (unpaired) electrons. The highest BCUT2D eigenvalue weighted by Crippen LogP contribution is 2.16. The summed E-state index contributed by atoms with van der Waals surface area (Å²) in [4.78, 5) is 11.9. The van der Waals surface area contributed by atoms with Crippen LogP contribution in [-0.2, 0) is 4.74 Å². The molecule has 1 atom stereocenters. The number of hydrogen-bond donors (Lipinski definition) is 1. The predicted molar refractivity (Wildman–Crippen MR) is 75.0 cm³/mol. The summed E-state index contributed by atoms with van der Waals surface area (Å²) in [6.07, 6.45) is 0. The molecular weight excluding hydrogens is 337 g/mol. The fraction of sp³-hybridized carbons (Fsp3) is 0.545. The van der Waals surface area contributed by atoms with Gasteiger partial charge in [0.25, 0.3) is 5.91 Å². The maximum absolute atomic E-state index is 11.9. The lowest BCUT2D eigenvalue weighted by atomic mass is 10.1. The Morgan fingerprint density at radius 2 is 2.31 bits per heavy atom. The van der Waals surface area contributed by atoms with Crippen molar-refractivity contribution in [2.75, 3.05) is 13.7 Å². The van der Waals surface area contributed by atoms with Crippen molar-refractivity contribution in [2.24, 2.45) is 5.92 Å². The van der Waals surface area contributed by atoms with E-state index in [2.05, 4.69) is 41.8 Å². The summed E-state index contributed by atoms with van der Waals surface area (Å²) < 4.78 is 6.21. The number of halogens is 1. The molecule has 90 valence electrons. The van der Waals surface area contributed by atoms with Gasteiger partial charge in [-0.3, -0.25) is 4.79 Å². The summed E-state index contributed by atoms with van der Waals surface area (Å²) in [5.74, 6) is 0.344. The van der Waals surface area contributed by atoms with E-state index in [1.165, 1.54) is 0 Å². The van der Waals surface area contributed by atoms with Gasteiger partial charge < -0.3 is 10.1 Å². The van der Waals surface area contributed by atoms with E-state index in [1.54, 1.807) is 18.4 Å². The Hall–Kier alpha value is -0.140. The number of nitrogens with one attached hydrogen (secondary N) is 1. The minimum atomic E-state index is -0.0186. The van der Waals surface area contributed by atoms with Gasteiger partial charge >= 0.3 is 0 Å². The first kappa shape index (κ1) is 13.9. The number of hydrogen-bond acceptors (Lipinski definition) is 3. The number of carbonyl (C=O) groups excluding carboxylic acids is 1. The topological polar surface area (TPSA) is 38.3 Å². The summed E-state index contributed by atoms with van der Waals surface area (Å²) >= 11 is 3.79. The van der Waals surface area contributed by atoms with Gasteiger partial charge in [-0.2, -0.15) is 0 Å². The van der Waals surface area contributed by atoms with Gasteiger partial charge in [0.1, 0.15) is 0 Å². The number of thiophene rings is 1. The fourth-order valence-corrected chi connectivity index (χ4v) is 2.59. The lowest BCUT2D eigenvalue weighted by molar-refractivity contribution is 0.0867. The van der Waals surface area contributed by atoms with E-state index in [1.807, 2.05) is 11.4 Å². The molecule has 0 spiro atoms. The Kier molecular flexibility index (Phi) is 5.71. The summed E-state index contributed by atoms with van der Waals surface area (Å²) in [7, 11) is 1.65. The number of rotatable bonds is 5. The first-order chi connectivity index (χ1) is 7.54. The summed E-state index contributed by atoms with van der Waals surface area (Å²) in [5, 5.41) is 4.86. The molecule has 0 aliphatic carbocycles. The van der Waals surface area contributed by atoms with E-state index in [-0.39, 0.29) is 11.9 Å². The highest BCUT2D eigenvalue weighted by atomic mass is 127. The van der Waals surface area contributed by atoms with Gasteiger partial charge in [0.2, 0.25) is 0 Å². The Morgan fingerprint density at radius 1 is 1.62 bits per heavy atom. The van der Waals surface area contributed by atoms with E-state index in [0.29, 0.717) is 12.5 Å². The second-order valence-electron chi connectivity index (χ2n) is 3.92. The molecule has 0 aliphatic heterocycles. The highest BCUT2D eigenvalue weighted by molar-refractivity contribution is 14.1. The van der Waals surface area contributed by atoms with Gasteiger partial charge in [0, 0.05) is 12.5 Å². The monoisotopic (exact) mass is 353 g/mol. The molecular formula is C11H16INO2S. The van der Waals surface area contributed by atoms with Gasteiger partial charge in [0.15, 0.2) is 0 Å². The lowest BCUT2D eigenvalue weighted by Crippen LogP contribution is -2.41. The molecule has 1 aromatic heterocycles. The van der Waals surface area contributed by atoms with Crippen LogP contribution in [0, 0.1) is 8.80 Å². The van der Waals surface area contributed by atoms with E-state index < -0.39 is 0 Å². The van der Waals surface area contributed by atoms with Crippen LogP contribution in [0.15, 0.2) is 11.4 Å². The average Bonchev–Trinajstić information content (AvgIpc) is 2.64. The predicted octanol–water partition coefficient (Wildman–Crippen LogP) is 2.75. The second kappa shape index (κ2) is 6.56. The van der Waals surface area contributed by atoms with Gasteiger partial charge in [-0.05, 0) is 34.6 Å². The van der Waals surface area contributed by atoms with E-state index in [9.17, 15) is 4.79 Å². The number of carbonyl (C=O) groups is 1. The third-order valence-electron chi connectivity index (χ3n) is 2.30. The molecule has 3 nitrogen and oxygen atoms in total. The zero-order valence-electron chi connectivity index (χ0n) is 9.62. The smallest absolute Gasteiger partial charge is 0.252 e. The Balaban J connectivity index is 2.61. The standard InChI is InChI=1S/C11H16INO2S/c1-7(2)9(5-15-3)13-11(14)8-4-10(12)16-6-8/h4,6-7,9H,5H2,1-3H3,(H,13,14). The summed E-state index contributed by atoms with van der Waals surface area (Å²) in [6, 6.07) is 1.96. The van der Waals surface area contributed by atoms with Crippen LogP contribution in [0.2, 0.25) is 0 Å². The molecule has 0 bridgehead atoms. The van der Waals surface area contributed by atoms with Crippen LogP contribution in [0.25, 0.3) is 0 Å². The first-order valence-electron chi connectivity index (χ1n) is 5.08. The van der Waals surface area contributed by atoms with Crippen LogP contribution in [-0.4, -0.2) is 25.7 Å². The minimum Gasteiger partial charge on any atom is -0.383 e. The van der Waals surface area contributed by atoms with Crippen molar-refractivity contribution in [1.29, 1.82) is 0 Å². The number of ether oxygens (including phenoxy) is 1. The molecule has 1 amide bonds. The number of methoxy groups -OCH3 is 1. The van der Waals surface area contributed by atoms with E-state index in [0.717, 1.165) is 8.45 Å². The normalized spacial score (nSPS) is 12.8. The maximum atomic E-state index is 11.9. The van der Waals surface area contributed by atoms with Gasteiger partial charge in [-0.1, -0.05) is 13.8 Å². The molecule has 1 heterocycles. The van der Waals surface area contributed by atoms with E-state index in [4.69, 9.17) is 4.74 Å². The SMILES string of the molecule is COCC(NC(=O)c1csc(I)c1)C(C)C. The van der Waals surface area contributed by atoms with Crippen LogP contribution in [0.5, 0.6) is 0 Å². The molecule has 0 aromatic carbocycles. The van der Waals surface area contributed by atoms with Gasteiger partial charge in [-0.15, -0.1) is 11.3 Å². The fourth-order valence-electron chi connectivity index (χ4n) is 1.26. The second-order valence-corrected chi connectivity index (χ2v) is 6.72. The molecule has 0 saturated carbocycles. The molecule has 1 aromatic rings. The first-order valence-corrected chi connectivity index (χ1v) is 7.04. The van der Waals surface area contributed by atoms with Gasteiger partial charge in [0.05, 0.1) is 21.1 Å². The van der Waals surface area contributed by atoms with Crippen molar-refractivity contribution in [3.63, 3.8) is 0 Å². The zero-order chi connectivity index (χ0) is 12.1. The molecule has 1 rings (SSSR count). The molecule has 16 heavy (non-hydrogen) atoms. The van der Waals surface area contributed by atoms with Crippen LogP contribution in [0.4, 0.5) is 0 Å². The van der Waals surface area contributed by atoms with Crippen molar-refractivity contribution in [2.45, 2.75) is 19.9 Å². The van der Waals surface area contributed by atoms with Crippen LogP contribution < -0.4 is 5.32 Å². The van der Waals surface area contributed by atoms with Crippen LogP contribution in [0.3, 0.4) is 0 Å². The maximum Gasteiger partial charge on any atom is 0.252 e. The van der Waals surface area contributed by atoms with Crippen molar-refractivity contribution in [3.8, 4) is 0 Å². The van der Waals surface area contributed by atoms with Crippen molar-refractivity contribution in [3.05, 3.63) is 19.9 Å². The molecule has 1 N–H and O–H groups in total. The highest BCUT2D eigenvalue weighted by Gasteiger charge is 2.17. The van der Waals surface area contributed by atoms with E-state index >= 15 is 0 Å². The third-order valence-corrected chi connectivity index (χ3v) is 4.09. The summed E-state index contributed by atoms with van der Waals surface area (Å²) in [6.45, 7) is 4.69. The van der Waals surface area contributed by atoms with Crippen LogP contribution >= 0.6 is 33.9 Å². The molecule has 0 aliphatic rings. The van der Waals surface area contributed by atoms with Crippen LogP contribution in [0.1, 0.15) is 24.2 Å². The summed E-state index contributed by atoms with van der Waals surface area (Å²) in [5.41, 5.74) is 0.733. The Bertz CT molecular complexity index is 352. The van der Waals surface area contributed by atoms with Gasteiger partial charge in [-0.25, -0.2) is 0 Å². The number of amides is 1. The average molecular weight is 353 g/mol. The van der Waals surface area contributed by atoms with Crippen molar-refractivity contribution in [1.82, 2.24) is 5.32 Å². The molecule has 1 unspecified atom stereocenters. The Labute approximate surface area is 114 Å². The molecule has 0 saturated heterocycles. The lowest BCUT2D eigenvalue weighted by Gasteiger charge is -2.21. The molecule has 0 fully saturated rings. The third kappa shape index (κ3) is 4.03. The van der Waals surface area contributed by atoms with Crippen molar-refractivity contribution < 1.29 is 9.53 Å². The quantitative estimate of drug-likeness (QED) is 0.827. The Morgan fingerprint density at radius 3 is 2.75 bits per heavy atom. The van der Waals surface area contributed by atoms with Crippen molar-refractivity contribution >= 4 is 39.8 Å². The zero-order valence-corrected chi connectivity index (χ0v) is 12.6. The largest absolute Gasteiger partial charge is 0.383 e. The minimum absolute atomic E-state index is 0.0186. The molecule has 5 heteroatoms.